The molecule has 1 fully saturated rings. The molecule has 92 valence electrons. The number of carbonyl (C=O) groups is 1. The van der Waals surface area contributed by atoms with E-state index >= 15 is 0 Å². The minimum absolute atomic E-state index is 0.0860. The van der Waals surface area contributed by atoms with Gasteiger partial charge in [0.05, 0.1) is 0 Å². The Hall–Kier alpha value is -1.10. The van der Waals surface area contributed by atoms with Crippen LogP contribution in [0.1, 0.15) is 25.7 Å². The number of pyridine rings is 1. The van der Waals surface area contributed by atoms with E-state index in [-0.39, 0.29) is 18.0 Å². The molecule has 0 unspecified atom stereocenters. The van der Waals surface area contributed by atoms with Crippen LogP contribution in [0.2, 0.25) is 0 Å². The van der Waals surface area contributed by atoms with Crippen LogP contribution in [0, 0.1) is 0 Å². The predicted molar refractivity (Wildman–Crippen MR) is 68.8 cm³/mol. The van der Waals surface area contributed by atoms with Gasteiger partial charge in [-0.3, -0.25) is 9.59 Å². The Labute approximate surface area is 108 Å². The number of hydrogen-bond donors (Lipinski definition) is 1. The van der Waals surface area contributed by atoms with Gasteiger partial charge < -0.3 is 9.88 Å². The summed E-state index contributed by atoms with van der Waals surface area (Å²) in [6.45, 7) is 0.0920. The van der Waals surface area contributed by atoms with E-state index in [0.29, 0.717) is 6.04 Å². The molecule has 1 saturated carbocycles. The van der Waals surface area contributed by atoms with Crippen LogP contribution in [0.4, 0.5) is 0 Å². The summed E-state index contributed by atoms with van der Waals surface area (Å²) >= 11 is 3.28. The molecular formula is C12H15BrN2O2. The molecule has 5 heteroatoms. The number of rotatable bonds is 3. The molecule has 2 rings (SSSR count). The number of halogens is 1. The van der Waals surface area contributed by atoms with Crippen LogP contribution in [-0.4, -0.2) is 16.5 Å². The van der Waals surface area contributed by atoms with Gasteiger partial charge in [-0.15, -0.1) is 0 Å². The number of hydrogen-bond acceptors (Lipinski definition) is 2. The lowest BCUT2D eigenvalue weighted by molar-refractivity contribution is -0.122. The van der Waals surface area contributed by atoms with E-state index in [2.05, 4.69) is 21.2 Å². The minimum Gasteiger partial charge on any atom is -0.352 e. The lowest BCUT2D eigenvalue weighted by Gasteiger charge is -2.12. The molecule has 1 aromatic heterocycles. The fraction of sp³-hybridized carbons (Fsp3) is 0.500. The van der Waals surface area contributed by atoms with Gasteiger partial charge in [-0.05, 0) is 34.8 Å². The van der Waals surface area contributed by atoms with Crippen molar-refractivity contribution in [3.63, 3.8) is 0 Å². The molecule has 0 radical (unpaired) electrons. The average molecular weight is 299 g/mol. The molecular weight excluding hydrogens is 284 g/mol. The maximum absolute atomic E-state index is 11.7. The van der Waals surface area contributed by atoms with Crippen molar-refractivity contribution in [3.05, 3.63) is 33.2 Å². The molecule has 1 amide bonds. The second-order valence-corrected chi connectivity index (χ2v) is 5.28. The maximum Gasteiger partial charge on any atom is 0.251 e. The molecule has 0 aromatic carbocycles. The van der Waals surface area contributed by atoms with Gasteiger partial charge in [0.25, 0.3) is 5.56 Å². The standard InChI is InChI=1S/C12H15BrN2O2/c13-9-5-6-12(17)15(7-9)8-11(16)14-10-3-1-2-4-10/h5-7,10H,1-4,8H2,(H,14,16). The van der Waals surface area contributed by atoms with E-state index in [0.717, 1.165) is 17.3 Å². The summed E-state index contributed by atoms with van der Waals surface area (Å²) in [5.41, 5.74) is -0.158. The normalized spacial score (nSPS) is 16.1. The third-order valence-electron chi connectivity index (χ3n) is 2.98. The molecule has 1 heterocycles. The Balaban J connectivity index is 1.97. The number of carbonyl (C=O) groups excluding carboxylic acids is 1. The highest BCUT2D eigenvalue weighted by Gasteiger charge is 2.17. The third-order valence-corrected chi connectivity index (χ3v) is 3.45. The van der Waals surface area contributed by atoms with Crippen molar-refractivity contribution in [1.82, 2.24) is 9.88 Å². The summed E-state index contributed by atoms with van der Waals surface area (Å²) in [5, 5.41) is 2.96. The van der Waals surface area contributed by atoms with E-state index in [1.165, 1.54) is 23.5 Å². The zero-order valence-electron chi connectivity index (χ0n) is 9.49. The van der Waals surface area contributed by atoms with Gasteiger partial charge in [0.15, 0.2) is 0 Å². The predicted octanol–water partition coefficient (Wildman–Crippen LogP) is 1.67. The third kappa shape index (κ3) is 3.43. The smallest absolute Gasteiger partial charge is 0.251 e. The van der Waals surface area contributed by atoms with Crippen LogP contribution < -0.4 is 10.9 Å². The average Bonchev–Trinajstić information content (AvgIpc) is 2.76. The fourth-order valence-corrected chi connectivity index (χ4v) is 2.50. The van der Waals surface area contributed by atoms with Gasteiger partial charge in [-0.2, -0.15) is 0 Å². The number of nitrogens with one attached hydrogen (secondary N) is 1. The SMILES string of the molecule is O=C(Cn1cc(Br)ccc1=O)NC1CCCC1. The van der Waals surface area contributed by atoms with Crippen molar-refractivity contribution in [3.8, 4) is 0 Å². The minimum atomic E-state index is -0.158. The molecule has 1 aliphatic rings. The fourth-order valence-electron chi connectivity index (χ4n) is 2.12. The molecule has 1 aromatic rings. The van der Waals surface area contributed by atoms with Gasteiger partial charge in [0.2, 0.25) is 5.91 Å². The molecule has 1 aliphatic carbocycles. The molecule has 4 nitrogen and oxygen atoms in total. The van der Waals surface area contributed by atoms with E-state index in [4.69, 9.17) is 0 Å². The second-order valence-electron chi connectivity index (χ2n) is 4.36. The molecule has 0 atom stereocenters. The van der Waals surface area contributed by atoms with Crippen molar-refractivity contribution >= 4 is 21.8 Å². The van der Waals surface area contributed by atoms with Crippen molar-refractivity contribution in [2.75, 3.05) is 0 Å². The first-order valence-corrected chi connectivity index (χ1v) is 6.60. The largest absolute Gasteiger partial charge is 0.352 e. The summed E-state index contributed by atoms with van der Waals surface area (Å²) in [7, 11) is 0. The van der Waals surface area contributed by atoms with Crippen LogP contribution >= 0.6 is 15.9 Å². The Bertz CT molecular complexity index is 464. The molecule has 0 bridgehead atoms. The molecule has 1 N–H and O–H groups in total. The summed E-state index contributed by atoms with van der Waals surface area (Å²) in [6.07, 6.45) is 6.11. The Kier molecular flexibility index (Phi) is 3.99. The van der Waals surface area contributed by atoms with Gasteiger partial charge in [0, 0.05) is 22.8 Å². The maximum atomic E-state index is 11.7. The summed E-state index contributed by atoms with van der Waals surface area (Å²) in [5.74, 6) is -0.0860. The summed E-state index contributed by atoms with van der Waals surface area (Å²) < 4.78 is 2.21. The van der Waals surface area contributed by atoms with Gasteiger partial charge in [0.1, 0.15) is 6.54 Å². The Morgan fingerprint density at radius 3 is 2.82 bits per heavy atom. The summed E-state index contributed by atoms with van der Waals surface area (Å²) in [4.78, 5) is 23.3. The summed E-state index contributed by atoms with van der Waals surface area (Å²) in [6, 6.07) is 3.42. The lowest BCUT2D eigenvalue weighted by Crippen LogP contribution is -2.37. The van der Waals surface area contributed by atoms with Crippen LogP contribution in [0.25, 0.3) is 0 Å². The molecule has 0 saturated heterocycles. The van der Waals surface area contributed by atoms with E-state index in [1.54, 1.807) is 12.3 Å². The van der Waals surface area contributed by atoms with Crippen molar-refractivity contribution in [2.45, 2.75) is 38.3 Å². The Morgan fingerprint density at radius 2 is 2.12 bits per heavy atom. The van der Waals surface area contributed by atoms with Crippen LogP contribution in [0.5, 0.6) is 0 Å². The van der Waals surface area contributed by atoms with Crippen molar-refractivity contribution in [2.24, 2.45) is 0 Å². The molecule has 0 aliphatic heterocycles. The van der Waals surface area contributed by atoms with Crippen molar-refractivity contribution in [1.29, 1.82) is 0 Å². The van der Waals surface area contributed by atoms with Crippen LogP contribution in [-0.2, 0) is 11.3 Å². The number of aromatic nitrogens is 1. The van der Waals surface area contributed by atoms with Crippen molar-refractivity contribution < 1.29 is 4.79 Å². The Morgan fingerprint density at radius 1 is 1.41 bits per heavy atom. The first kappa shape index (κ1) is 12.4. The molecule has 0 spiro atoms. The number of nitrogens with zero attached hydrogens (tertiary/aromatic N) is 1. The monoisotopic (exact) mass is 298 g/mol. The zero-order valence-corrected chi connectivity index (χ0v) is 11.1. The first-order valence-electron chi connectivity index (χ1n) is 5.80. The van der Waals surface area contributed by atoms with E-state index in [1.807, 2.05) is 0 Å². The quantitative estimate of drug-likeness (QED) is 0.923. The lowest BCUT2D eigenvalue weighted by atomic mass is 10.2. The highest BCUT2D eigenvalue weighted by molar-refractivity contribution is 9.10. The van der Waals surface area contributed by atoms with Gasteiger partial charge in [-0.1, -0.05) is 12.8 Å². The van der Waals surface area contributed by atoms with E-state index < -0.39 is 0 Å². The first-order chi connectivity index (χ1) is 8.15. The van der Waals surface area contributed by atoms with Gasteiger partial charge >= 0.3 is 0 Å². The highest BCUT2D eigenvalue weighted by Crippen LogP contribution is 2.17. The van der Waals surface area contributed by atoms with E-state index in [9.17, 15) is 9.59 Å². The highest BCUT2D eigenvalue weighted by atomic mass is 79.9. The second kappa shape index (κ2) is 5.49. The molecule has 17 heavy (non-hydrogen) atoms. The zero-order chi connectivity index (χ0) is 12.3. The topological polar surface area (TPSA) is 51.1 Å². The number of amides is 1. The van der Waals surface area contributed by atoms with Crippen LogP contribution in [0.3, 0.4) is 0 Å². The van der Waals surface area contributed by atoms with Gasteiger partial charge in [-0.25, -0.2) is 0 Å². The van der Waals surface area contributed by atoms with Crippen LogP contribution in [0.15, 0.2) is 27.6 Å².